The molecule has 1 aromatic rings. The van der Waals surface area contributed by atoms with Crippen molar-refractivity contribution < 1.29 is 27.2 Å². The number of alkyl halides is 2. The van der Waals surface area contributed by atoms with Crippen LogP contribution in [0.4, 0.5) is 8.78 Å². The quantitative estimate of drug-likeness (QED) is 0.381. The molecule has 8 heteroatoms. The molecule has 0 spiro atoms. The van der Waals surface area contributed by atoms with Crippen LogP contribution in [0.2, 0.25) is 0 Å². The molecule has 0 heterocycles. The number of rotatable bonds is 9. The van der Waals surface area contributed by atoms with Gasteiger partial charge < -0.3 is 4.52 Å². The monoisotopic (exact) mass is 394 g/mol. The van der Waals surface area contributed by atoms with Gasteiger partial charge in [0.1, 0.15) is 5.75 Å². The smallest absolute Gasteiger partial charge is 0.421 e. The lowest BCUT2D eigenvalue weighted by Gasteiger charge is -2.35. The van der Waals surface area contributed by atoms with Gasteiger partial charge in [-0.15, -0.1) is 0 Å². The number of halogens is 2. The first kappa shape index (κ1) is 22.1. The Kier molecular flexibility index (Phi) is 8.10. The van der Waals surface area contributed by atoms with Crippen molar-refractivity contribution >= 4 is 24.5 Å². The maximum atomic E-state index is 14.8. The van der Waals surface area contributed by atoms with Gasteiger partial charge >= 0.3 is 13.3 Å². The van der Waals surface area contributed by atoms with Gasteiger partial charge in [-0.3, -0.25) is 9.32 Å². The minimum Gasteiger partial charge on any atom is -0.421 e. The van der Waals surface area contributed by atoms with Crippen LogP contribution in [-0.4, -0.2) is 23.1 Å². The highest BCUT2D eigenvalue weighted by Gasteiger charge is 2.62. The van der Waals surface area contributed by atoms with E-state index < -0.39 is 18.7 Å². The summed E-state index contributed by atoms with van der Waals surface area (Å²) in [4.78, 5) is 11.5. The molecule has 1 rings (SSSR count). The molecular weight excluding hydrogens is 369 g/mol. The van der Waals surface area contributed by atoms with E-state index in [2.05, 4.69) is 0 Å². The van der Waals surface area contributed by atoms with Gasteiger partial charge in [-0.25, -0.2) is 4.57 Å². The summed E-state index contributed by atoms with van der Waals surface area (Å²) < 4.78 is 52.7. The Bertz CT molecular complexity index is 602. The summed E-state index contributed by atoms with van der Waals surface area (Å²) in [5, 5.41) is -0.0486. The van der Waals surface area contributed by atoms with E-state index >= 15 is 0 Å². The van der Waals surface area contributed by atoms with Crippen molar-refractivity contribution in [1.82, 2.24) is 0 Å². The van der Waals surface area contributed by atoms with E-state index in [0.29, 0.717) is 12.8 Å². The maximum absolute atomic E-state index is 14.8. The molecular formula is C17H25F2O4PS. The highest BCUT2D eigenvalue weighted by atomic mass is 32.2. The first-order valence-electron chi connectivity index (χ1n) is 8.06. The van der Waals surface area contributed by atoms with Gasteiger partial charge in [-0.1, -0.05) is 57.7 Å². The first-order valence-corrected chi connectivity index (χ1v) is 10.6. The summed E-state index contributed by atoms with van der Waals surface area (Å²) in [6.45, 7) is 5.43. The van der Waals surface area contributed by atoms with Crippen LogP contribution in [-0.2, 0) is 13.9 Å². The van der Waals surface area contributed by atoms with E-state index in [9.17, 15) is 18.1 Å². The molecule has 25 heavy (non-hydrogen) atoms. The molecule has 142 valence electrons. The lowest BCUT2D eigenvalue weighted by Crippen LogP contribution is -2.36. The average molecular weight is 394 g/mol. The van der Waals surface area contributed by atoms with Crippen LogP contribution in [0.25, 0.3) is 0 Å². The fourth-order valence-corrected chi connectivity index (χ4v) is 4.53. The van der Waals surface area contributed by atoms with Crippen molar-refractivity contribution in [3.63, 3.8) is 0 Å². The van der Waals surface area contributed by atoms with Crippen LogP contribution in [0, 0.1) is 5.41 Å². The number of hydrogen-bond donors (Lipinski definition) is 0. The standard InChI is InChI=1S/C17H25F2O4PS/c1-5-9-15(20)25-13-12-22-24(21,17(18,19)16(2,3)4)23-14-10-7-6-8-11-14/h6-8,10-11H,5,9,12-13H2,1-4H3. The number of hydrogen-bond acceptors (Lipinski definition) is 5. The Morgan fingerprint density at radius 2 is 1.80 bits per heavy atom. The van der Waals surface area contributed by atoms with E-state index in [1.54, 1.807) is 18.2 Å². The molecule has 1 atom stereocenters. The van der Waals surface area contributed by atoms with Crippen LogP contribution >= 0.6 is 19.4 Å². The van der Waals surface area contributed by atoms with Gasteiger partial charge in [-0.2, -0.15) is 8.78 Å². The topological polar surface area (TPSA) is 52.6 Å². The zero-order valence-corrected chi connectivity index (χ0v) is 16.7. The predicted molar refractivity (Wildman–Crippen MR) is 97.4 cm³/mol. The van der Waals surface area contributed by atoms with Crippen molar-refractivity contribution in [3.8, 4) is 5.75 Å². The number of carbonyl (C=O) groups excluding carboxylic acids is 1. The third kappa shape index (κ3) is 6.08. The minimum absolute atomic E-state index is 0.0458. The minimum atomic E-state index is -4.80. The van der Waals surface area contributed by atoms with Crippen molar-refractivity contribution in [1.29, 1.82) is 0 Å². The molecule has 0 fully saturated rings. The zero-order chi connectivity index (χ0) is 19.1. The summed E-state index contributed by atoms with van der Waals surface area (Å²) in [6, 6.07) is 7.75. The van der Waals surface area contributed by atoms with Gasteiger partial charge in [0.15, 0.2) is 5.12 Å². The number of benzene rings is 1. The Balaban J connectivity index is 2.89. The van der Waals surface area contributed by atoms with Crippen LogP contribution in [0.3, 0.4) is 0 Å². The number of carbonyl (C=O) groups is 1. The van der Waals surface area contributed by atoms with Crippen LogP contribution < -0.4 is 4.52 Å². The molecule has 0 aliphatic rings. The zero-order valence-electron chi connectivity index (χ0n) is 15.0. The third-order valence-electron chi connectivity index (χ3n) is 3.28. The van der Waals surface area contributed by atoms with Crippen molar-refractivity contribution in [2.75, 3.05) is 12.4 Å². The molecule has 1 unspecified atom stereocenters. The summed E-state index contributed by atoms with van der Waals surface area (Å²) in [7, 11) is -4.80. The van der Waals surface area contributed by atoms with Crippen molar-refractivity contribution in [2.24, 2.45) is 5.41 Å². The molecule has 1 aromatic carbocycles. The lowest BCUT2D eigenvalue weighted by atomic mass is 9.97. The summed E-state index contributed by atoms with van der Waals surface area (Å²) in [5.74, 6) is 0.186. The maximum Gasteiger partial charge on any atom is 0.448 e. The molecule has 0 amide bonds. The normalized spacial score (nSPS) is 14.8. The van der Waals surface area contributed by atoms with E-state index in [-0.39, 0.29) is 23.2 Å². The van der Waals surface area contributed by atoms with E-state index in [1.165, 1.54) is 32.9 Å². The first-order chi connectivity index (χ1) is 11.5. The highest BCUT2D eigenvalue weighted by molar-refractivity contribution is 8.13. The molecule has 0 bridgehead atoms. The molecule has 0 saturated heterocycles. The van der Waals surface area contributed by atoms with Crippen LogP contribution in [0.15, 0.2) is 30.3 Å². The second kappa shape index (κ2) is 9.15. The lowest BCUT2D eigenvalue weighted by molar-refractivity contribution is -0.111. The second-order valence-corrected chi connectivity index (χ2v) is 9.65. The van der Waals surface area contributed by atoms with Gasteiger partial charge in [-0.05, 0) is 18.6 Å². The summed E-state index contributed by atoms with van der Waals surface area (Å²) in [5.41, 5.74) is -5.32. The molecule has 0 aliphatic carbocycles. The fraction of sp³-hybridized carbons (Fsp3) is 0.588. The molecule has 4 nitrogen and oxygen atoms in total. The van der Waals surface area contributed by atoms with Crippen LogP contribution in [0.1, 0.15) is 40.5 Å². The second-order valence-electron chi connectivity index (χ2n) is 6.50. The van der Waals surface area contributed by atoms with E-state index in [0.717, 1.165) is 11.8 Å². The fourth-order valence-electron chi connectivity index (χ4n) is 1.78. The van der Waals surface area contributed by atoms with Gasteiger partial charge in [0.2, 0.25) is 0 Å². The number of thioether (sulfide) groups is 1. The Morgan fingerprint density at radius 1 is 1.20 bits per heavy atom. The molecule has 0 aromatic heterocycles. The molecule has 0 radical (unpaired) electrons. The van der Waals surface area contributed by atoms with Gasteiger partial charge in [0, 0.05) is 17.6 Å². The number of para-hydroxylation sites is 1. The molecule has 0 N–H and O–H groups in total. The predicted octanol–water partition coefficient (Wildman–Crippen LogP) is 5.97. The Morgan fingerprint density at radius 3 is 2.32 bits per heavy atom. The SMILES string of the molecule is CCCC(=O)SCCOP(=O)(Oc1ccccc1)C(F)(F)C(C)(C)C. The largest absolute Gasteiger partial charge is 0.448 e. The van der Waals surface area contributed by atoms with E-state index in [4.69, 9.17) is 9.05 Å². The third-order valence-corrected chi connectivity index (χ3v) is 6.51. The van der Waals surface area contributed by atoms with Gasteiger partial charge in [0.25, 0.3) is 0 Å². The molecule has 0 saturated carbocycles. The Labute approximate surface area is 152 Å². The molecule has 0 aliphatic heterocycles. The van der Waals surface area contributed by atoms with Gasteiger partial charge in [0.05, 0.1) is 6.61 Å². The summed E-state index contributed by atoms with van der Waals surface area (Å²) in [6.07, 6.45) is 1.12. The Hall–Kier alpha value is -0.910. The van der Waals surface area contributed by atoms with Crippen molar-refractivity contribution in [3.05, 3.63) is 30.3 Å². The average Bonchev–Trinajstić information content (AvgIpc) is 2.51. The summed E-state index contributed by atoms with van der Waals surface area (Å²) >= 11 is 0.981. The van der Waals surface area contributed by atoms with E-state index in [1.807, 2.05) is 6.92 Å². The van der Waals surface area contributed by atoms with Crippen LogP contribution in [0.5, 0.6) is 5.75 Å². The van der Waals surface area contributed by atoms with Crippen molar-refractivity contribution in [2.45, 2.75) is 46.2 Å². The highest BCUT2D eigenvalue weighted by Crippen LogP contribution is 2.67.